The minimum atomic E-state index is 0.466. The highest BCUT2D eigenvalue weighted by Gasteiger charge is 2.10. The molecule has 0 fully saturated rings. The van der Waals surface area contributed by atoms with E-state index in [0.29, 0.717) is 23.3 Å². The van der Waals surface area contributed by atoms with Gasteiger partial charge >= 0.3 is 0 Å². The Morgan fingerprint density at radius 1 is 0.962 bits per heavy atom. The third-order valence-electron chi connectivity index (χ3n) is 3.76. The van der Waals surface area contributed by atoms with Gasteiger partial charge < -0.3 is 14.5 Å². The Labute approximate surface area is 150 Å². The van der Waals surface area contributed by atoms with Crippen molar-refractivity contribution in [2.75, 3.05) is 12.4 Å². The molecule has 26 heavy (non-hydrogen) atoms. The monoisotopic (exact) mass is 344 g/mol. The molecule has 0 bridgehead atoms. The first-order valence-corrected chi connectivity index (χ1v) is 8.07. The number of aromatic nitrogens is 3. The molecule has 128 valence electrons. The van der Waals surface area contributed by atoms with Crippen molar-refractivity contribution in [2.24, 2.45) is 0 Å². The van der Waals surface area contributed by atoms with Gasteiger partial charge in [-0.25, -0.2) is 15.0 Å². The molecule has 4 aromatic rings. The summed E-state index contributed by atoms with van der Waals surface area (Å²) >= 11 is 0. The van der Waals surface area contributed by atoms with Crippen molar-refractivity contribution in [1.82, 2.24) is 15.0 Å². The van der Waals surface area contributed by atoms with Crippen LogP contribution in [0.2, 0.25) is 0 Å². The van der Waals surface area contributed by atoms with E-state index in [2.05, 4.69) is 20.3 Å². The third kappa shape index (κ3) is 3.39. The molecule has 0 aliphatic heterocycles. The summed E-state index contributed by atoms with van der Waals surface area (Å²) in [6.45, 7) is 0. The Bertz CT molecular complexity index is 1020. The van der Waals surface area contributed by atoms with Gasteiger partial charge in [0.25, 0.3) is 0 Å². The Balaban J connectivity index is 1.59. The highest BCUT2D eigenvalue weighted by molar-refractivity contribution is 5.61. The third-order valence-corrected chi connectivity index (χ3v) is 3.76. The average molecular weight is 344 g/mol. The van der Waals surface area contributed by atoms with Crippen molar-refractivity contribution >= 4 is 11.6 Å². The van der Waals surface area contributed by atoms with E-state index in [-0.39, 0.29) is 0 Å². The van der Waals surface area contributed by atoms with Crippen molar-refractivity contribution in [3.63, 3.8) is 0 Å². The number of oxazole rings is 1. The molecule has 4 rings (SSSR count). The second-order valence-electron chi connectivity index (χ2n) is 5.52. The van der Waals surface area contributed by atoms with E-state index in [1.54, 1.807) is 25.6 Å². The molecule has 0 aliphatic rings. The van der Waals surface area contributed by atoms with E-state index in [1.165, 1.54) is 0 Å². The van der Waals surface area contributed by atoms with Crippen LogP contribution in [0.5, 0.6) is 5.75 Å². The maximum atomic E-state index is 5.85. The van der Waals surface area contributed by atoms with Crippen molar-refractivity contribution < 1.29 is 9.15 Å². The normalized spacial score (nSPS) is 10.5. The number of ether oxygens (including phenoxy) is 1. The van der Waals surface area contributed by atoms with Gasteiger partial charge in [-0.15, -0.1) is 0 Å². The zero-order chi connectivity index (χ0) is 17.8. The van der Waals surface area contributed by atoms with Crippen LogP contribution in [0, 0.1) is 0 Å². The topological polar surface area (TPSA) is 73.1 Å². The van der Waals surface area contributed by atoms with Crippen LogP contribution in [0.15, 0.2) is 77.5 Å². The Morgan fingerprint density at radius 2 is 1.85 bits per heavy atom. The largest absolute Gasteiger partial charge is 0.497 e. The van der Waals surface area contributed by atoms with Gasteiger partial charge in [-0.2, -0.15) is 0 Å². The molecular formula is C20H16N4O2. The summed E-state index contributed by atoms with van der Waals surface area (Å²) in [6.07, 6.45) is 3.34. The Morgan fingerprint density at radius 3 is 2.69 bits per heavy atom. The molecule has 2 heterocycles. The molecule has 1 N–H and O–H groups in total. The molecule has 0 amide bonds. The van der Waals surface area contributed by atoms with E-state index >= 15 is 0 Å². The number of hydrogen-bond donors (Lipinski definition) is 1. The molecule has 2 aromatic carbocycles. The standard InChI is InChI=1S/C20H16N4O2/c1-25-16-9-5-8-15(12-16)23-20-21-11-10-17(24-20)18-13-22-19(26-18)14-6-3-2-4-7-14/h2-13H,1H3,(H,21,23,24). The quantitative estimate of drug-likeness (QED) is 0.572. The summed E-state index contributed by atoms with van der Waals surface area (Å²) in [5.74, 6) is 2.36. The highest BCUT2D eigenvalue weighted by atomic mass is 16.5. The SMILES string of the molecule is COc1cccc(Nc2nccc(-c3cnc(-c4ccccc4)o3)n2)c1. The number of nitrogens with one attached hydrogen (secondary N) is 1. The number of hydrogen-bond acceptors (Lipinski definition) is 6. The van der Waals surface area contributed by atoms with Gasteiger partial charge in [-0.3, -0.25) is 0 Å². The molecule has 6 nitrogen and oxygen atoms in total. The Hall–Kier alpha value is -3.67. The summed E-state index contributed by atoms with van der Waals surface area (Å²) in [5.41, 5.74) is 2.41. The first kappa shape index (κ1) is 15.8. The lowest BCUT2D eigenvalue weighted by molar-refractivity contribution is 0.415. The lowest BCUT2D eigenvalue weighted by atomic mass is 10.2. The number of benzene rings is 2. The van der Waals surface area contributed by atoms with Crippen LogP contribution in [-0.2, 0) is 0 Å². The first-order valence-electron chi connectivity index (χ1n) is 8.07. The molecule has 0 atom stereocenters. The molecule has 0 unspecified atom stereocenters. The lowest BCUT2D eigenvalue weighted by Gasteiger charge is -2.07. The minimum absolute atomic E-state index is 0.466. The van der Waals surface area contributed by atoms with Crippen LogP contribution in [0.4, 0.5) is 11.6 Å². The number of anilines is 2. The number of methoxy groups -OCH3 is 1. The van der Waals surface area contributed by atoms with Crippen LogP contribution in [0.25, 0.3) is 22.9 Å². The molecule has 0 spiro atoms. The van der Waals surface area contributed by atoms with Crippen LogP contribution in [0.3, 0.4) is 0 Å². The van der Waals surface area contributed by atoms with Gasteiger partial charge in [-0.05, 0) is 30.3 Å². The highest BCUT2D eigenvalue weighted by Crippen LogP contribution is 2.26. The number of nitrogens with zero attached hydrogens (tertiary/aromatic N) is 3. The van der Waals surface area contributed by atoms with E-state index in [0.717, 1.165) is 17.0 Å². The van der Waals surface area contributed by atoms with E-state index in [1.807, 2.05) is 54.6 Å². The van der Waals surface area contributed by atoms with E-state index < -0.39 is 0 Å². The van der Waals surface area contributed by atoms with Crippen LogP contribution in [-0.4, -0.2) is 22.1 Å². The summed E-state index contributed by atoms with van der Waals surface area (Å²) in [4.78, 5) is 13.1. The fourth-order valence-corrected chi connectivity index (χ4v) is 2.49. The van der Waals surface area contributed by atoms with E-state index in [9.17, 15) is 0 Å². The molecule has 0 saturated heterocycles. The van der Waals surface area contributed by atoms with Crippen molar-refractivity contribution in [3.05, 3.63) is 73.1 Å². The second kappa shape index (κ2) is 7.06. The molecule has 0 aliphatic carbocycles. The molecule has 2 aromatic heterocycles. The smallest absolute Gasteiger partial charge is 0.227 e. The maximum Gasteiger partial charge on any atom is 0.227 e. The van der Waals surface area contributed by atoms with Crippen LogP contribution in [0.1, 0.15) is 0 Å². The molecule has 6 heteroatoms. The van der Waals surface area contributed by atoms with Gasteiger partial charge in [0.1, 0.15) is 11.4 Å². The Kier molecular flexibility index (Phi) is 4.30. The summed E-state index contributed by atoms with van der Waals surface area (Å²) in [5, 5.41) is 3.16. The molecular weight excluding hydrogens is 328 g/mol. The summed E-state index contributed by atoms with van der Waals surface area (Å²) in [6, 6.07) is 19.1. The fraction of sp³-hybridized carbons (Fsp3) is 0.0500. The zero-order valence-corrected chi connectivity index (χ0v) is 14.1. The van der Waals surface area contributed by atoms with Crippen molar-refractivity contribution in [3.8, 4) is 28.7 Å². The second-order valence-corrected chi connectivity index (χ2v) is 5.52. The van der Waals surface area contributed by atoms with Crippen molar-refractivity contribution in [1.29, 1.82) is 0 Å². The lowest BCUT2D eigenvalue weighted by Crippen LogP contribution is -1.97. The maximum absolute atomic E-state index is 5.85. The predicted octanol–water partition coefficient (Wildman–Crippen LogP) is 4.55. The van der Waals surface area contributed by atoms with Gasteiger partial charge in [0.05, 0.1) is 13.3 Å². The zero-order valence-electron chi connectivity index (χ0n) is 14.1. The van der Waals surface area contributed by atoms with Crippen molar-refractivity contribution in [2.45, 2.75) is 0 Å². The molecule has 0 saturated carbocycles. The average Bonchev–Trinajstić information content (AvgIpc) is 3.19. The molecule has 0 radical (unpaired) electrons. The minimum Gasteiger partial charge on any atom is -0.497 e. The van der Waals surface area contributed by atoms with Gasteiger partial charge in [-0.1, -0.05) is 24.3 Å². The van der Waals surface area contributed by atoms with Crippen LogP contribution < -0.4 is 10.1 Å². The van der Waals surface area contributed by atoms with Gasteiger partial charge in [0.2, 0.25) is 11.8 Å². The first-order chi connectivity index (χ1) is 12.8. The fourth-order valence-electron chi connectivity index (χ4n) is 2.49. The van der Waals surface area contributed by atoms with Gasteiger partial charge in [0, 0.05) is 23.5 Å². The summed E-state index contributed by atoms with van der Waals surface area (Å²) in [7, 11) is 1.63. The van der Waals surface area contributed by atoms with Crippen LogP contribution >= 0.6 is 0 Å². The summed E-state index contributed by atoms with van der Waals surface area (Å²) < 4.78 is 11.1. The predicted molar refractivity (Wildman–Crippen MR) is 99.2 cm³/mol. The number of rotatable bonds is 5. The van der Waals surface area contributed by atoms with E-state index in [4.69, 9.17) is 9.15 Å². The van der Waals surface area contributed by atoms with Gasteiger partial charge in [0.15, 0.2) is 5.76 Å².